The number of rotatable bonds is 7. The average Bonchev–Trinajstić information content (AvgIpc) is 3.28. The molecule has 7 N–H and O–H groups in total. The normalized spacial score (nSPS) is 11.0. The fourth-order valence-electron chi connectivity index (χ4n) is 3.69. The van der Waals surface area contributed by atoms with E-state index in [1.165, 1.54) is 12.3 Å². The number of nitrogen functional groups attached to an aromatic ring is 2. The van der Waals surface area contributed by atoms with Gasteiger partial charge in [-0.2, -0.15) is 5.10 Å². The van der Waals surface area contributed by atoms with Crippen LogP contribution in [0.25, 0.3) is 22.2 Å². The molecule has 0 radical (unpaired) electrons. The largest absolute Gasteiger partial charge is 0.382 e. The molecule has 10 nitrogen and oxygen atoms in total. The van der Waals surface area contributed by atoms with Gasteiger partial charge in [0.25, 0.3) is 5.91 Å². The topological polar surface area (TPSA) is 161 Å². The van der Waals surface area contributed by atoms with Crippen LogP contribution < -0.4 is 22.1 Å². The van der Waals surface area contributed by atoms with Crippen LogP contribution in [0.1, 0.15) is 21.6 Å². The van der Waals surface area contributed by atoms with Crippen molar-refractivity contribution in [1.29, 1.82) is 0 Å². The lowest BCUT2D eigenvalue weighted by Crippen LogP contribution is -2.26. The molecule has 37 heavy (non-hydrogen) atoms. The predicted molar refractivity (Wildman–Crippen MR) is 135 cm³/mol. The van der Waals surface area contributed by atoms with E-state index >= 15 is 0 Å². The summed E-state index contributed by atoms with van der Waals surface area (Å²) < 4.78 is 26.6. The molecule has 2 aromatic carbocycles. The number of nitrogens with zero attached hydrogens (tertiary/aromatic N) is 4. The summed E-state index contributed by atoms with van der Waals surface area (Å²) in [4.78, 5) is 25.4. The zero-order valence-electron chi connectivity index (χ0n) is 19.3. The lowest BCUT2D eigenvalue weighted by molar-refractivity contribution is 0.0946. The van der Waals surface area contributed by atoms with Gasteiger partial charge in [0.2, 0.25) is 0 Å². The number of hydrogen-bond acceptors (Lipinski definition) is 8. The number of H-pyrrole nitrogens is 1. The molecule has 5 aromatic rings. The highest BCUT2D eigenvalue weighted by Crippen LogP contribution is 2.25. The standard InChI is InChI=1S/C25H21F2N9O/c26-18-6-3-14(7-19(18)27)10-33-25(37)21-24(32-12-20(28)34-21)30-9-13-1-4-15(5-2-13)16-8-17-22(29)35-36-23(17)31-11-16/h1-8,11-12H,9-10H2,(H2,28,34)(H,30,32)(H,33,37)(H3,29,31,35,36). The number of benzene rings is 2. The molecule has 3 heterocycles. The summed E-state index contributed by atoms with van der Waals surface area (Å²) in [5, 5.41) is 13.2. The van der Waals surface area contributed by atoms with Crippen molar-refractivity contribution in [2.45, 2.75) is 13.1 Å². The van der Waals surface area contributed by atoms with E-state index in [9.17, 15) is 13.6 Å². The molecule has 0 atom stereocenters. The molecule has 0 aliphatic rings. The average molecular weight is 502 g/mol. The molecule has 12 heteroatoms. The number of hydrogen-bond donors (Lipinski definition) is 5. The van der Waals surface area contributed by atoms with Gasteiger partial charge in [-0.05, 0) is 34.9 Å². The number of fused-ring (bicyclic) bond motifs is 1. The number of aromatic amines is 1. The highest BCUT2D eigenvalue weighted by Gasteiger charge is 2.16. The molecule has 186 valence electrons. The molecule has 3 aromatic heterocycles. The predicted octanol–water partition coefficient (Wildman–Crippen LogP) is 3.40. The van der Waals surface area contributed by atoms with E-state index in [-0.39, 0.29) is 23.9 Å². The Labute approximate surface area is 209 Å². The van der Waals surface area contributed by atoms with E-state index < -0.39 is 17.5 Å². The molecule has 0 saturated heterocycles. The Hall–Kier alpha value is -5.13. The van der Waals surface area contributed by atoms with Gasteiger partial charge in [0, 0.05) is 24.8 Å². The zero-order valence-corrected chi connectivity index (χ0v) is 19.3. The minimum absolute atomic E-state index is 0.0173. The SMILES string of the molecule is Nc1cnc(NCc2ccc(-c3cnc4[nH]nc(N)c4c3)cc2)c(C(=O)NCc2ccc(F)c(F)c2)n1. The van der Waals surface area contributed by atoms with E-state index in [1.807, 2.05) is 30.3 Å². The molecule has 1 amide bonds. The quantitative estimate of drug-likeness (QED) is 0.227. The van der Waals surface area contributed by atoms with Crippen molar-refractivity contribution >= 4 is 34.4 Å². The molecular formula is C25H21F2N9O. The summed E-state index contributed by atoms with van der Waals surface area (Å²) in [6.07, 6.45) is 3.07. The van der Waals surface area contributed by atoms with Gasteiger partial charge in [-0.3, -0.25) is 9.89 Å². The maximum Gasteiger partial charge on any atom is 0.274 e. The Bertz CT molecular complexity index is 1600. The minimum Gasteiger partial charge on any atom is -0.382 e. The van der Waals surface area contributed by atoms with Crippen LogP contribution >= 0.6 is 0 Å². The van der Waals surface area contributed by atoms with E-state index in [0.717, 1.165) is 34.2 Å². The highest BCUT2D eigenvalue weighted by atomic mass is 19.2. The van der Waals surface area contributed by atoms with Crippen LogP contribution in [0.5, 0.6) is 0 Å². The van der Waals surface area contributed by atoms with Gasteiger partial charge in [-0.15, -0.1) is 0 Å². The van der Waals surface area contributed by atoms with Gasteiger partial charge < -0.3 is 22.1 Å². The first kappa shape index (κ1) is 23.6. The van der Waals surface area contributed by atoms with E-state index in [2.05, 4.69) is 35.8 Å². The van der Waals surface area contributed by atoms with Gasteiger partial charge in [-0.25, -0.2) is 23.7 Å². The fraction of sp³-hybridized carbons (Fsp3) is 0.0800. The molecule has 0 aliphatic carbocycles. The van der Waals surface area contributed by atoms with Crippen LogP contribution in [-0.2, 0) is 13.1 Å². The van der Waals surface area contributed by atoms with Crippen molar-refractivity contribution < 1.29 is 13.6 Å². The molecule has 0 aliphatic heterocycles. The second kappa shape index (κ2) is 9.85. The van der Waals surface area contributed by atoms with Crippen molar-refractivity contribution in [2.75, 3.05) is 16.8 Å². The van der Waals surface area contributed by atoms with Crippen molar-refractivity contribution in [3.05, 3.63) is 89.4 Å². The van der Waals surface area contributed by atoms with Gasteiger partial charge >= 0.3 is 0 Å². The molecule has 0 fully saturated rings. The number of halogens is 2. The summed E-state index contributed by atoms with van der Waals surface area (Å²) in [5.74, 6) is -1.84. The Morgan fingerprint density at radius 2 is 1.68 bits per heavy atom. The molecule has 0 unspecified atom stereocenters. The van der Waals surface area contributed by atoms with Crippen molar-refractivity contribution in [3.63, 3.8) is 0 Å². The molecular weight excluding hydrogens is 480 g/mol. The number of amides is 1. The van der Waals surface area contributed by atoms with Gasteiger partial charge in [-0.1, -0.05) is 30.3 Å². The second-order valence-electron chi connectivity index (χ2n) is 8.20. The number of aromatic nitrogens is 5. The van der Waals surface area contributed by atoms with Crippen LogP contribution in [0.2, 0.25) is 0 Å². The smallest absolute Gasteiger partial charge is 0.274 e. The van der Waals surface area contributed by atoms with Gasteiger partial charge in [0.1, 0.15) is 5.82 Å². The van der Waals surface area contributed by atoms with Crippen molar-refractivity contribution in [1.82, 2.24) is 30.5 Å². The Balaban J connectivity index is 1.27. The second-order valence-corrected chi connectivity index (χ2v) is 8.20. The molecule has 0 bridgehead atoms. The van der Waals surface area contributed by atoms with E-state index in [4.69, 9.17) is 11.5 Å². The number of nitrogens with two attached hydrogens (primary N) is 2. The van der Waals surface area contributed by atoms with Gasteiger partial charge in [0.15, 0.2) is 34.6 Å². The highest BCUT2D eigenvalue weighted by molar-refractivity contribution is 5.97. The summed E-state index contributed by atoms with van der Waals surface area (Å²) in [7, 11) is 0. The zero-order chi connectivity index (χ0) is 25.9. The third kappa shape index (κ3) is 5.12. The summed E-state index contributed by atoms with van der Waals surface area (Å²) >= 11 is 0. The summed E-state index contributed by atoms with van der Waals surface area (Å²) in [6.45, 7) is 0.326. The fourth-order valence-corrected chi connectivity index (χ4v) is 3.69. The monoisotopic (exact) mass is 501 g/mol. The van der Waals surface area contributed by atoms with Crippen LogP contribution in [-0.4, -0.2) is 31.1 Å². The van der Waals surface area contributed by atoms with Crippen LogP contribution in [0, 0.1) is 11.6 Å². The Morgan fingerprint density at radius 1 is 0.892 bits per heavy atom. The molecule has 5 rings (SSSR count). The Morgan fingerprint density at radius 3 is 2.46 bits per heavy atom. The number of nitrogens with one attached hydrogen (secondary N) is 3. The van der Waals surface area contributed by atoms with E-state index in [1.54, 1.807) is 6.20 Å². The Kier molecular flexibility index (Phi) is 6.29. The first-order valence-corrected chi connectivity index (χ1v) is 11.1. The minimum atomic E-state index is -0.994. The van der Waals surface area contributed by atoms with Crippen LogP contribution in [0.4, 0.5) is 26.2 Å². The van der Waals surface area contributed by atoms with E-state index in [0.29, 0.717) is 23.6 Å². The van der Waals surface area contributed by atoms with Crippen LogP contribution in [0.15, 0.2) is 60.9 Å². The summed E-state index contributed by atoms with van der Waals surface area (Å²) in [6, 6.07) is 13.1. The maximum absolute atomic E-state index is 13.4. The number of carbonyl (C=O) groups excluding carboxylic acids is 1. The van der Waals surface area contributed by atoms with Gasteiger partial charge in [0.05, 0.1) is 11.6 Å². The first-order valence-electron chi connectivity index (χ1n) is 11.1. The third-order valence-electron chi connectivity index (χ3n) is 5.64. The number of pyridine rings is 1. The lowest BCUT2D eigenvalue weighted by atomic mass is 10.0. The lowest BCUT2D eigenvalue weighted by Gasteiger charge is -2.12. The third-order valence-corrected chi connectivity index (χ3v) is 5.64. The molecule has 0 saturated carbocycles. The first-order chi connectivity index (χ1) is 17.9. The maximum atomic E-state index is 13.4. The number of anilines is 3. The van der Waals surface area contributed by atoms with Crippen molar-refractivity contribution in [2.24, 2.45) is 0 Å². The molecule has 0 spiro atoms. The van der Waals surface area contributed by atoms with Crippen molar-refractivity contribution in [3.8, 4) is 11.1 Å². The number of carbonyl (C=O) groups is 1. The van der Waals surface area contributed by atoms with Crippen LogP contribution in [0.3, 0.4) is 0 Å². The summed E-state index contributed by atoms with van der Waals surface area (Å²) in [5.41, 5.74) is 15.4.